The summed E-state index contributed by atoms with van der Waals surface area (Å²) in [4.78, 5) is 14.1. The molecule has 0 aromatic heterocycles. The molecule has 7 heteroatoms. The van der Waals surface area contributed by atoms with Gasteiger partial charge in [-0.25, -0.2) is 9.82 Å². The Morgan fingerprint density at radius 2 is 2.10 bits per heavy atom. The minimum Gasteiger partial charge on any atom is -0.484 e. The Morgan fingerprint density at radius 3 is 2.80 bits per heavy atom. The number of nitrogens with one attached hydrogen (secondary N) is 1. The van der Waals surface area contributed by atoms with E-state index in [0.717, 1.165) is 27.8 Å². The van der Waals surface area contributed by atoms with Gasteiger partial charge in [0.25, 0.3) is 5.91 Å². The van der Waals surface area contributed by atoms with Crippen molar-refractivity contribution in [3.05, 3.63) is 63.9 Å². The lowest BCUT2D eigenvalue weighted by atomic mass is 9.88. The molecule has 0 saturated carbocycles. The molecule has 158 valence electrons. The van der Waals surface area contributed by atoms with E-state index in [4.69, 9.17) is 4.74 Å². The first kappa shape index (κ1) is 22.0. The van der Waals surface area contributed by atoms with Crippen LogP contribution in [-0.4, -0.2) is 30.8 Å². The van der Waals surface area contributed by atoms with Gasteiger partial charge in [-0.3, -0.25) is 4.79 Å². The Labute approximate surface area is 184 Å². The monoisotopic (exact) mass is 473 g/mol. The number of ether oxygens (including phenoxy) is 1. The molecule has 2 aromatic rings. The normalized spacial score (nSPS) is 15.0. The zero-order valence-electron chi connectivity index (χ0n) is 17.5. The molecule has 1 heterocycles. The number of likely N-dealkylation sites (N-methyl/N-ethyl adjacent to an activating group) is 1. The number of hydrazone groups is 1. The van der Waals surface area contributed by atoms with Crippen LogP contribution in [-0.2, 0) is 4.79 Å². The minimum atomic E-state index is -0.431. The van der Waals surface area contributed by atoms with Crippen LogP contribution in [0.15, 0.2) is 52.0 Å². The molecule has 1 amide bonds. The summed E-state index contributed by atoms with van der Waals surface area (Å²) in [6.07, 6.45) is 3.49. The smallest absolute Gasteiger partial charge is 0.277 e. The van der Waals surface area contributed by atoms with Gasteiger partial charge in [-0.1, -0.05) is 28.1 Å². The van der Waals surface area contributed by atoms with E-state index in [1.807, 2.05) is 19.1 Å². The van der Waals surface area contributed by atoms with Crippen LogP contribution in [0.5, 0.6) is 5.75 Å². The van der Waals surface area contributed by atoms with Crippen LogP contribution in [0.1, 0.15) is 38.8 Å². The maximum Gasteiger partial charge on any atom is 0.277 e. The molecule has 0 unspecified atom stereocenters. The Kier molecular flexibility index (Phi) is 6.61. The number of nitrogens with zero attached hydrogens (tertiary/aromatic N) is 2. The van der Waals surface area contributed by atoms with Crippen molar-refractivity contribution in [2.24, 2.45) is 5.10 Å². The van der Waals surface area contributed by atoms with Crippen LogP contribution < -0.4 is 15.1 Å². The fourth-order valence-corrected chi connectivity index (χ4v) is 4.08. The van der Waals surface area contributed by atoms with E-state index < -0.39 is 5.91 Å². The summed E-state index contributed by atoms with van der Waals surface area (Å²) >= 11 is 3.34. The average molecular weight is 474 g/mol. The molecule has 0 saturated heterocycles. The maximum absolute atomic E-state index is 14.7. The summed E-state index contributed by atoms with van der Waals surface area (Å²) in [5.41, 5.74) is 5.41. The predicted octanol–water partition coefficient (Wildman–Crippen LogP) is 5.14. The number of fused-ring (bicyclic) bond motifs is 1. The van der Waals surface area contributed by atoms with E-state index in [1.165, 1.54) is 12.3 Å². The standard InChI is InChI=1S/C23H25BrFN3O2/c1-5-28-21-11-20(25)16(9-19(21)15(2)12-23(28,3)4)13-26-27-22(29)14-30-18-8-6-7-17(24)10-18/h6-13H,5,14H2,1-4H3,(H,27,29)/b26-13+. The topological polar surface area (TPSA) is 53.9 Å². The molecule has 30 heavy (non-hydrogen) atoms. The number of carbonyl (C=O) groups excluding carboxylic acids is 1. The lowest BCUT2D eigenvalue weighted by Crippen LogP contribution is -2.45. The van der Waals surface area contributed by atoms with Crippen LogP contribution in [0.25, 0.3) is 5.57 Å². The quantitative estimate of drug-likeness (QED) is 0.466. The fraction of sp³-hybridized carbons (Fsp3) is 0.304. The van der Waals surface area contributed by atoms with Gasteiger partial charge in [0.2, 0.25) is 0 Å². The highest BCUT2D eigenvalue weighted by Crippen LogP contribution is 2.39. The SMILES string of the molecule is CCN1c2cc(F)c(/C=N/NC(=O)COc3cccc(Br)c3)cc2C(C)=CC1(C)C. The first-order valence-corrected chi connectivity index (χ1v) is 10.5. The van der Waals surface area contributed by atoms with Gasteiger partial charge < -0.3 is 9.64 Å². The van der Waals surface area contributed by atoms with Crippen LogP contribution >= 0.6 is 15.9 Å². The van der Waals surface area contributed by atoms with Crippen LogP contribution in [0.3, 0.4) is 0 Å². The van der Waals surface area contributed by atoms with E-state index >= 15 is 0 Å². The molecule has 5 nitrogen and oxygen atoms in total. The van der Waals surface area contributed by atoms with Crippen molar-refractivity contribution in [1.82, 2.24) is 5.43 Å². The summed E-state index contributed by atoms with van der Waals surface area (Å²) < 4.78 is 21.0. The number of carbonyl (C=O) groups is 1. The second-order valence-electron chi connectivity index (χ2n) is 7.66. The molecule has 3 rings (SSSR count). The van der Waals surface area contributed by atoms with Crippen LogP contribution in [0.2, 0.25) is 0 Å². The lowest BCUT2D eigenvalue weighted by molar-refractivity contribution is -0.123. The van der Waals surface area contributed by atoms with Crippen LogP contribution in [0.4, 0.5) is 10.1 Å². The van der Waals surface area contributed by atoms with Crippen LogP contribution in [0, 0.1) is 5.82 Å². The van der Waals surface area contributed by atoms with Crippen molar-refractivity contribution in [1.29, 1.82) is 0 Å². The predicted molar refractivity (Wildman–Crippen MR) is 123 cm³/mol. The second-order valence-corrected chi connectivity index (χ2v) is 8.57. The van der Waals surface area contributed by atoms with Gasteiger partial charge in [-0.15, -0.1) is 0 Å². The first-order chi connectivity index (χ1) is 14.2. The molecule has 1 aliphatic heterocycles. The summed E-state index contributed by atoms with van der Waals surface area (Å²) in [5.74, 6) is -0.254. The molecule has 0 radical (unpaired) electrons. The van der Waals surface area contributed by atoms with E-state index in [0.29, 0.717) is 11.3 Å². The number of allylic oxidation sites excluding steroid dienone is 1. The van der Waals surface area contributed by atoms with E-state index in [1.54, 1.807) is 18.2 Å². The van der Waals surface area contributed by atoms with Crippen molar-refractivity contribution in [3.8, 4) is 5.75 Å². The molecule has 0 spiro atoms. The van der Waals surface area contributed by atoms with Gasteiger partial charge in [-0.05, 0) is 63.6 Å². The Bertz CT molecular complexity index is 1020. The summed E-state index contributed by atoms with van der Waals surface area (Å²) in [5, 5.41) is 3.89. The highest BCUT2D eigenvalue weighted by molar-refractivity contribution is 9.10. The fourth-order valence-electron chi connectivity index (χ4n) is 3.70. The van der Waals surface area contributed by atoms with Gasteiger partial charge in [0.05, 0.1) is 11.8 Å². The lowest BCUT2D eigenvalue weighted by Gasteiger charge is -2.42. The number of anilines is 1. The zero-order chi connectivity index (χ0) is 21.9. The number of hydrogen-bond acceptors (Lipinski definition) is 4. The third-order valence-electron chi connectivity index (χ3n) is 4.97. The average Bonchev–Trinajstić information content (AvgIpc) is 2.67. The summed E-state index contributed by atoms with van der Waals surface area (Å²) in [6.45, 7) is 8.88. The Morgan fingerprint density at radius 1 is 1.33 bits per heavy atom. The second kappa shape index (κ2) is 9.00. The Balaban J connectivity index is 1.69. The van der Waals surface area contributed by atoms with Gasteiger partial charge in [-0.2, -0.15) is 5.10 Å². The molecular formula is C23H25BrFN3O2. The number of hydrogen-bond donors (Lipinski definition) is 1. The van der Waals surface area contributed by atoms with Gasteiger partial charge in [0.1, 0.15) is 11.6 Å². The number of benzene rings is 2. The van der Waals surface area contributed by atoms with E-state index in [9.17, 15) is 9.18 Å². The zero-order valence-corrected chi connectivity index (χ0v) is 19.1. The van der Waals surface area contributed by atoms with E-state index in [-0.39, 0.29) is 18.0 Å². The number of amides is 1. The molecule has 0 atom stereocenters. The van der Waals surface area contributed by atoms with Gasteiger partial charge in [0, 0.05) is 27.8 Å². The van der Waals surface area contributed by atoms with Crippen molar-refractivity contribution in [3.63, 3.8) is 0 Å². The Hall–Kier alpha value is -2.67. The molecule has 0 fully saturated rings. The third kappa shape index (κ3) is 4.90. The maximum atomic E-state index is 14.7. The van der Waals surface area contributed by atoms with E-state index in [2.05, 4.69) is 58.2 Å². The van der Waals surface area contributed by atoms with Crippen molar-refractivity contribution in [2.45, 2.75) is 33.2 Å². The van der Waals surface area contributed by atoms with Gasteiger partial charge >= 0.3 is 0 Å². The minimum absolute atomic E-state index is 0.184. The largest absolute Gasteiger partial charge is 0.484 e. The third-order valence-corrected chi connectivity index (χ3v) is 5.46. The molecule has 0 bridgehead atoms. The molecule has 1 aliphatic rings. The van der Waals surface area contributed by atoms with Crippen molar-refractivity contribution >= 4 is 39.3 Å². The molecular weight excluding hydrogens is 449 g/mol. The number of halogens is 2. The molecule has 1 N–H and O–H groups in total. The highest BCUT2D eigenvalue weighted by atomic mass is 79.9. The summed E-state index contributed by atoms with van der Waals surface area (Å²) in [6, 6.07) is 10.5. The first-order valence-electron chi connectivity index (χ1n) is 9.72. The molecule has 2 aromatic carbocycles. The molecule has 0 aliphatic carbocycles. The summed E-state index contributed by atoms with van der Waals surface area (Å²) in [7, 11) is 0. The highest BCUT2D eigenvalue weighted by Gasteiger charge is 2.30. The number of rotatable bonds is 6. The van der Waals surface area contributed by atoms with Crippen molar-refractivity contribution < 1.29 is 13.9 Å². The van der Waals surface area contributed by atoms with Gasteiger partial charge in [0.15, 0.2) is 6.61 Å². The van der Waals surface area contributed by atoms with Crippen molar-refractivity contribution in [2.75, 3.05) is 18.1 Å².